The lowest BCUT2D eigenvalue weighted by atomic mass is 10.2. The molecule has 5 nitrogen and oxygen atoms in total. The van der Waals surface area contributed by atoms with E-state index in [9.17, 15) is 13.5 Å². The Bertz CT molecular complexity index is 606. The van der Waals surface area contributed by atoms with Gasteiger partial charge in [0.05, 0.1) is 22.4 Å². The molecule has 0 bridgehead atoms. The van der Waals surface area contributed by atoms with Crippen molar-refractivity contribution < 1.29 is 17.9 Å². The maximum absolute atomic E-state index is 11.9. The van der Waals surface area contributed by atoms with Gasteiger partial charge >= 0.3 is 0 Å². The van der Waals surface area contributed by atoms with Gasteiger partial charge in [0.15, 0.2) is 0 Å². The molecule has 2 N–H and O–H groups in total. The summed E-state index contributed by atoms with van der Waals surface area (Å²) in [5, 5.41) is 9.73. The van der Waals surface area contributed by atoms with E-state index in [-0.39, 0.29) is 10.8 Å². The number of hydrogen-bond donors (Lipinski definition) is 2. The SMILES string of the molecule is O=S(=O)(NCC(O)c1ccoc1)c1ccc(Br)s1. The minimum atomic E-state index is -3.58. The van der Waals surface area contributed by atoms with Crippen LogP contribution in [0.5, 0.6) is 0 Å². The van der Waals surface area contributed by atoms with E-state index in [1.54, 1.807) is 12.1 Å². The van der Waals surface area contributed by atoms with Crippen LogP contribution >= 0.6 is 27.3 Å². The van der Waals surface area contributed by atoms with Gasteiger partial charge in [-0.05, 0) is 34.1 Å². The standard InChI is InChI=1S/C10H10BrNO4S2/c11-9-1-2-10(17-9)18(14,15)12-5-8(13)7-3-4-16-6-7/h1-4,6,8,12-13H,5H2. The molecule has 98 valence electrons. The molecule has 18 heavy (non-hydrogen) atoms. The van der Waals surface area contributed by atoms with Crippen molar-refractivity contribution in [3.63, 3.8) is 0 Å². The number of halogens is 1. The maximum atomic E-state index is 11.9. The Labute approximate surface area is 117 Å². The third-order valence-electron chi connectivity index (χ3n) is 2.21. The Hall–Kier alpha value is -0.670. The zero-order valence-electron chi connectivity index (χ0n) is 9.04. The fourth-order valence-corrected chi connectivity index (χ4v) is 4.38. The number of furan rings is 1. The van der Waals surface area contributed by atoms with Crippen molar-refractivity contribution >= 4 is 37.3 Å². The predicted molar refractivity (Wildman–Crippen MR) is 70.9 cm³/mol. The van der Waals surface area contributed by atoms with E-state index in [1.165, 1.54) is 18.6 Å². The second-order valence-corrected chi connectivity index (χ2v) is 7.94. The molecular formula is C10H10BrNO4S2. The maximum Gasteiger partial charge on any atom is 0.250 e. The molecule has 2 aromatic rings. The third kappa shape index (κ3) is 3.21. The second-order valence-electron chi connectivity index (χ2n) is 3.48. The first-order valence-corrected chi connectivity index (χ1v) is 8.03. The van der Waals surface area contributed by atoms with Crippen LogP contribution in [0.15, 0.2) is 43.1 Å². The third-order valence-corrected chi connectivity index (χ3v) is 5.75. The van der Waals surface area contributed by atoms with E-state index in [1.807, 2.05) is 0 Å². The average Bonchev–Trinajstić information content (AvgIpc) is 2.96. The van der Waals surface area contributed by atoms with E-state index in [0.717, 1.165) is 15.1 Å². The van der Waals surface area contributed by atoms with Gasteiger partial charge < -0.3 is 9.52 Å². The molecule has 2 aromatic heterocycles. The van der Waals surface area contributed by atoms with Crippen LogP contribution in [0.2, 0.25) is 0 Å². The van der Waals surface area contributed by atoms with Gasteiger partial charge in [-0.1, -0.05) is 0 Å². The molecule has 0 fully saturated rings. The van der Waals surface area contributed by atoms with E-state index >= 15 is 0 Å². The quantitative estimate of drug-likeness (QED) is 0.864. The molecule has 0 aliphatic heterocycles. The number of aliphatic hydroxyl groups is 1. The zero-order valence-corrected chi connectivity index (χ0v) is 12.3. The van der Waals surface area contributed by atoms with Gasteiger partial charge in [0.1, 0.15) is 4.21 Å². The molecule has 0 aliphatic rings. The number of nitrogens with one attached hydrogen (secondary N) is 1. The first-order chi connectivity index (χ1) is 8.49. The van der Waals surface area contributed by atoms with Crippen molar-refractivity contribution in [2.45, 2.75) is 10.3 Å². The fourth-order valence-electron chi connectivity index (χ4n) is 1.28. The van der Waals surface area contributed by atoms with Gasteiger partial charge in [-0.3, -0.25) is 0 Å². The highest BCUT2D eigenvalue weighted by Crippen LogP contribution is 2.26. The molecule has 0 aromatic carbocycles. The van der Waals surface area contributed by atoms with Gasteiger partial charge in [0.25, 0.3) is 0 Å². The molecule has 8 heteroatoms. The van der Waals surface area contributed by atoms with Crippen LogP contribution in [0.25, 0.3) is 0 Å². The molecule has 2 heterocycles. The molecule has 0 spiro atoms. The molecule has 0 radical (unpaired) electrons. The Morgan fingerprint density at radius 3 is 2.78 bits per heavy atom. The molecule has 1 unspecified atom stereocenters. The average molecular weight is 352 g/mol. The summed E-state index contributed by atoms with van der Waals surface area (Å²) in [4.78, 5) is 0. The van der Waals surface area contributed by atoms with E-state index < -0.39 is 16.1 Å². The monoisotopic (exact) mass is 351 g/mol. The van der Waals surface area contributed by atoms with Crippen molar-refractivity contribution in [3.8, 4) is 0 Å². The highest BCUT2D eigenvalue weighted by molar-refractivity contribution is 9.11. The lowest BCUT2D eigenvalue weighted by Crippen LogP contribution is -2.27. The summed E-state index contributed by atoms with van der Waals surface area (Å²) < 4.78 is 31.8. The topological polar surface area (TPSA) is 79.5 Å². The minimum Gasteiger partial charge on any atom is -0.472 e. The lowest BCUT2D eigenvalue weighted by Gasteiger charge is -2.09. The Morgan fingerprint density at radius 2 is 2.22 bits per heavy atom. The summed E-state index contributed by atoms with van der Waals surface area (Å²) in [6.07, 6.45) is 1.87. The molecular weight excluding hydrogens is 342 g/mol. The molecule has 1 atom stereocenters. The first kappa shape index (κ1) is 13.8. The van der Waals surface area contributed by atoms with Gasteiger partial charge in [-0.15, -0.1) is 11.3 Å². The van der Waals surface area contributed by atoms with Crippen LogP contribution in [0.4, 0.5) is 0 Å². The molecule has 0 saturated heterocycles. The number of aliphatic hydroxyl groups excluding tert-OH is 1. The van der Waals surface area contributed by atoms with E-state index in [4.69, 9.17) is 4.42 Å². The van der Waals surface area contributed by atoms with Crippen LogP contribution in [0, 0.1) is 0 Å². The van der Waals surface area contributed by atoms with Crippen molar-refractivity contribution in [1.82, 2.24) is 4.72 Å². The lowest BCUT2D eigenvalue weighted by molar-refractivity contribution is 0.181. The smallest absolute Gasteiger partial charge is 0.250 e. The van der Waals surface area contributed by atoms with Crippen LogP contribution in [-0.4, -0.2) is 20.1 Å². The summed E-state index contributed by atoms with van der Waals surface area (Å²) in [5.74, 6) is 0. The van der Waals surface area contributed by atoms with Crippen molar-refractivity contribution in [2.75, 3.05) is 6.54 Å². The fraction of sp³-hybridized carbons (Fsp3) is 0.200. The number of thiophene rings is 1. The van der Waals surface area contributed by atoms with Crippen molar-refractivity contribution in [3.05, 3.63) is 40.1 Å². The highest BCUT2D eigenvalue weighted by Gasteiger charge is 2.18. The zero-order chi connectivity index (χ0) is 13.2. The summed E-state index contributed by atoms with van der Waals surface area (Å²) in [7, 11) is -3.58. The normalized spacial score (nSPS) is 13.7. The van der Waals surface area contributed by atoms with Crippen LogP contribution in [0.1, 0.15) is 11.7 Å². The summed E-state index contributed by atoms with van der Waals surface area (Å²) in [5.41, 5.74) is 0.532. The van der Waals surface area contributed by atoms with Gasteiger partial charge in [0, 0.05) is 12.1 Å². The van der Waals surface area contributed by atoms with Crippen LogP contribution < -0.4 is 4.72 Å². The number of rotatable bonds is 5. The molecule has 2 rings (SSSR count). The largest absolute Gasteiger partial charge is 0.472 e. The Balaban J connectivity index is 2.02. The van der Waals surface area contributed by atoms with Crippen LogP contribution in [0.3, 0.4) is 0 Å². The van der Waals surface area contributed by atoms with Gasteiger partial charge in [-0.2, -0.15) is 0 Å². The highest BCUT2D eigenvalue weighted by atomic mass is 79.9. The van der Waals surface area contributed by atoms with Crippen molar-refractivity contribution in [1.29, 1.82) is 0 Å². The van der Waals surface area contributed by atoms with Gasteiger partial charge in [0.2, 0.25) is 10.0 Å². The molecule has 0 aliphatic carbocycles. The first-order valence-electron chi connectivity index (χ1n) is 4.94. The molecule has 0 saturated carbocycles. The van der Waals surface area contributed by atoms with E-state index in [2.05, 4.69) is 20.7 Å². The van der Waals surface area contributed by atoms with Crippen LogP contribution in [-0.2, 0) is 10.0 Å². The minimum absolute atomic E-state index is 0.0998. The summed E-state index contributed by atoms with van der Waals surface area (Å²) in [6.45, 7) is -0.0998. The van der Waals surface area contributed by atoms with E-state index in [0.29, 0.717) is 5.56 Å². The number of sulfonamides is 1. The van der Waals surface area contributed by atoms with Crippen molar-refractivity contribution in [2.24, 2.45) is 0 Å². The number of hydrogen-bond acceptors (Lipinski definition) is 5. The Morgan fingerprint density at radius 1 is 1.44 bits per heavy atom. The van der Waals surface area contributed by atoms with Gasteiger partial charge in [-0.25, -0.2) is 13.1 Å². The Kier molecular flexibility index (Phi) is 4.23. The summed E-state index contributed by atoms with van der Waals surface area (Å²) in [6, 6.07) is 4.74. The summed E-state index contributed by atoms with van der Waals surface area (Å²) >= 11 is 4.31. The molecule has 0 amide bonds. The second kappa shape index (κ2) is 5.54. The predicted octanol–water partition coefficient (Wildman–Crippen LogP) is 2.12.